The van der Waals surface area contributed by atoms with Gasteiger partial charge in [0.1, 0.15) is 9.84 Å². The smallest absolute Gasteiger partial charge is 0.240 e. The topological polar surface area (TPSA) is 78.5 Å². The summed E-state index contributed by atoms with van der Waals surface area (Å²) in [6.45, 7) is 8.85. The van der Waals surface area contributed by atoms with Gasteiger partial charge in [0.2, 0.25) is 5.91 Å². The third-order valence-corrected chi connectivity index (χ3v) is 4.50. The Morgan fingerprint density at radius 3 is 2.37 bits per heavy atom. The van der Waals surface area contributed by atoms with E-state index in [0.29, 0.717) is 0 Å². The maximum absolute atomic E-state index is 12.3. The Morgan fingerprint density at radius 2 is 1.89 bits per heavy atom. The van der Waals surface area contributed by atoms with E-state index in [1.54, 1.807) is 6.92 Å². The molecule has 0 aromatic heterocycles. The Labute approximate surface area is 115 Å². The van der Waals surface area contributed by atoms with E-state index in [1.165, 1.54) is 6.26 Å². The normalized spacial score (nSPS) is 20.0. The Balaban J connectivity index is 2.60. The standard InChI is InChI=1S/C12H25N3O3S/c1-10(9-19(4,17)18)14-11(16)12(2,3)15-7-5-13-6-8-15/h10,13H,5-9H2,1-4H3,(H,14,16). The molecule has 1 aliphatic heterocycles. The van der Waals surface area contributed by atoms with Crippen molar-refractivity contribution < 1.29 is 13.2 Å². The average Bonchev–Trinajstić information content (AvgIpc) is 2.27. The van der Waals surface area contributed by atoms with E-state index in [0.717, 1.165) is 26.2 Å². The summed E-state index contributed by atoms with van der Waals surface area (Å²) in [4.78, 5) is 14.4. The molecule has 0 aromatic carbocycles. The van der Waals surface area contributed by atoms with Gasteiger partial charge in [0, 0.05) is 38.5 Å². The summed E-state index contributed by atoms with van der Waals surface area (Å²) >= 11 is 0. The molecule has 1 amide bonds. The maximum atomic E-state index is 12.3. The molecule has 0 saturated carbocycles. The lowest BCUT2D eigenvalue weighted by atomic mass is 10.00. The molecule has 112 valence electrons. The first-order valence-electron chi connectivity index (χ1n) is 6.57. The Morgan fingerprint density at radius 1 is 1.37 bits per heavy atom. The minimum absolute atomic E-state index is 0.0314. The lowest BCUT2D eigenvalue weighted by Gasteiger charge is -2.40. The number of sulfone groups is 1. The van der Waals surface area contributed by atoms with Crippen molar-refractivity contribution in [2.45, 2.75) is 32.4 Å². The Hall–Kier alpha value is -0.660. The first kappa shape index (κ1) is 16.4. The number of rotatable bonds is 5. The number of hydrogen-bond donors (Lipinski definition) is 2. The molecular formula is C12H25N3O3S. The van der Waals surface area contributed by atoms with Gasteiger partial charge in [0.15, 0.2) is 0 Å². The predicted molar refractivity (Wildman–Crippen MR) is 75.8 cm³/mol. The van der Waals surface area contributed by atoms with Gasteiger partial charge in [-0.2, -0.15) is 0 Å². The first-order chi connectivity index (χ1) is 8.63. The lowest BCUT2D eigenvalue weighted by molar-refractivity contribution is -0.132. The number of amides is 1. The van der Waals surface area contributed by atoms with Crippen LogP contribution >= 0.6 is 0 Å². The van der Waals surface area contributed by atoms with Crippen molar-refractivity contribution in [2.75, 3.05) is 38.2 Å². The molecule has 0 spiro atoms. The minimum atomic E-state index is -3.08. The molecular weight excluding hydrogens is 266 g/mol. The van der Waals surface area contributed by atoms with Crippen LogP contribution in [0, 0.1) is 0 Å². The summed E-state index contributed by atoms with van der Waals surface area (Å²) in [5.74, 6) is -0.151. The summed E-state index contributed by atoms with van der Waals surface area (Å²) in [6, 6.07) is -0.371. The van der Waals surface area contributed by atoms with Gasteiger partial charge in [0.25, 0.3) is 0 Å². The highest BCUT2D eigenvalue weighted by Crippen LogP contribution is 2.15. The average molecular weight is 291 g/mol. The van der Waals surface area contributed by atoms with Crippen LogP contribution in [0.1, 0.15) is 20.8 Å². The number of carbonyl (C=O) groups is 1. The van der Waals surface area contributed by atoms with Crippen LogP contribution in [0.4, 0.5) is 0 Å². The molecule has 1 heterocycles. The van der Waals surface area contributed by atoms with Crippen LogP contribution < -0.4 is 10.6 Å². The second-order valence-electron chi connectivity index (χ2n) is 5.76. The van der Waals surface area contributed by atoms with Crippen molar-refractivity contribution in [2.24, 2.45) is 0 Å². The molecule has 1 atom stereocenters. The third kappa shape index (κ3) is 5.08. The van der Waals surface area contributed by atoms with Crippen LogP contribution in [0.2, 0.25) is 0 Å². The SMILES string of the molecule is CC(CS(C)(=O)=O)NC(=O)C(C)(C)N1CCNCC1. The van der Waals surface area contributed by atoms with Crippen LogP contribution in [-0.2, 0) is 14.6 Å². The summed E-state index contributed by atoms with van der Waals surface area (Å²) < 4.78 is 22.4. The minimum Gasteiger partial charge on any atom is -0.351 e. The molecule has 0 radical (unpaired) electrons. The molecule has 6 nitrogen and oxygen atoms in total. The van der Waals surface area contributed by atoms with Crippen LogP contribution in [0.3, 0.4) is 0 Å². The number of nitrogens with one attached hydrogen (secondary N) is 2. The molecule has 1 rings (SSSR count). The van der Waals surface area contributed by atoms with Gasteiger partial charge in [-0.15, -0.1) is 0 Å². The number of hydrogen-bond acceptors (Lipinski definition) is 5. The summed E-state index contributed by atoms with van der Waals surface area (Å²) in [6.07, 6.45) is 1.18. The van der Waals surface area contributed by atoms with Gasteiger partial charge in [-0.1, -0.05) is 0 Å². The van der Waals surface area contributed by atoms with E-state index in [9.17, 15) is 13.2 Å². The first-order valence-corrected chi connectivity index (χ1v) is 8.63. The molecule has 0 aromatic rings. The largest absolute Gasteiger partial charge is 0.351 e. The summed E-state index contributed by atoms with van der Waals surface area (Å²) in [5, 5.41) is 6.04. The molecule has 1 unspecified atom stereocenters. The highest BCUT2D eigenvalue weighted by Gasteiger charge is 2.35. The highest BCUT2D eigenvalue weighted by atomic mass is 32.2. The zero-order valence-corrected chi connectivity index (χ0v) is 13.0. The second-order valence-corrected chi connectivity index (χ2v) is 7.95. The van der Waals surface area contributed by atoms with Crippen molar-refractivity contribution in [3.63, 3.8) is 0 Å². The number of piperazine rings is 1. The lowest BCUT2D eigenvalue weighted by Crippen LogP contribution is -2.61. The van der Waals surface area contributed by atoms with Crippen LogP contribution in [0.15, 0.2) is 0 Å². The maximum Gasteiger partial charge on any atom is 0.240 e. The van der Waals surface area contributed by atoms with Gasteiger partial charge >= 0.3 is 0 Å². The molecule has 2 N–H and O–H groups in total. The monoisotopic (exact) mass is 291 g/mol. The van der Waals surface area contributed by atoms with Crippen LogP contribution in [-0.4, -0.2) is 69.0 Å². The molecule has 0 bridgehead atoms. The van der Waals surface area contributed by atoms with Crippen molar-refractivity contribution in [3.8, 4) is 0 Å². The van der Waals surface area contributed by atoms with E-state index in [4.69, 9.17) is 0 Å². The quantitative estimate of drug-likeness (QED) is 0.695. The van der Waals surface area contributed by atoms with Gasteiger partial charge in [-0.05, 0) is 20.8 Å². The number of nitrogens with zero attached hydrogens (tertiary/aromatic N) is 1. The summed E-state index contributed by atoms with van der Waals surface area (Å²) in [5.41, 5.74) is -0.617. The van der Waals surface area contributed by atoms with E-state index in [-0.39, 0.29) is 17.7 Å². The fourth-order valence-corrected chi connectivity index (χ4v) is 3.26. The zero-order chi connectivity index (χ0) is 14.7. The predicted octanol–water partition coefficient (Wildman–Crippen LogP) is -0.780. The molecule has 7 heteroatoms. The summed E-state index contributed by atoms with van der Waals surface area (Å²) in [7, 11) is -3.08. The molecule has 19 heavy (non-hydrogen) atoms. The Bertz CT molecular complexity index is 414. The van der Waals surface area contributed by atoms with Crippen LogP contribution in [0.5, 0.6) is 0 Å². The zero-order valence-electron chi connectivity index (χ0n) is 12.2. The van der Waals surface area contributed by atoms with Crippen molar-refractivity contribution in [1.29, 1.82) is 0 Å². The second kappa shape index (κ2) is 6.19. The molecule has 0 aliphatic carbocycles. The molecule has 1 saturated heterocycles. The van der Waals surface area contributed by atoms with E-state index in [1.807, 2.05) is 13.8 Å². The highest BCUT2D eigenvalue weighted by molar-refractivity contribution is 7.90. The van der Waals surface area contributed by atoms with Gasteiger partial charge < -0.3 is 10.6 Å². The molecule has 1 aliphatic rings. The fraction of sp³-hybridized carbons (Fsp3) is 0.917. The van der Waals surface area contributed by atoms with Crippen molar-refractivity contribution in [1.82, 2.24) is 15.5 Å². The molecule has 1 fully saturated rings. The number of carbonyl (C=O) groups excluding carboxylic acids is 1. The van der Waals surface area contributed by atoms with E-state index in [2.05, 4.69) is 15.5 Å². The van der Waals surface area contributed by atoms with Crippen molar-refractivity contribution in [3.05, 3.63) is 0 Å². The van der Waals surface area contributed by atoms with Crippen molar-refractivity contribution >= 4 is 15.7 Å². The fourth-order valence-electron chi connectivity index (χ4n) is 2.26. The van der Waals surface area contributed by atoms with Gasteiger partial charge in [-0.3, -0.25) is 9.69 Å². The van der Waals surface area contributed by atoms with E-state index < -0.39 is 15.4 Å². The Kier molecular flexibility index (Phi) is 5.34. The third-order valence-electron chi connectivity index (χ3n) is 3.39. The van der Waals surface area contributed by atoms with Gasteiger partial charge in [0.05, 0.1) is 11.3 Å². The van der Waals surface area contributed by atoms with Gasteiger partial charge in [-0.25, -0.2) is 8.42 Å². The van der Waals surface area contributed by atoms with Crippen LogP contribution in [0.25, 0.3) is 0 Å². The van der Waals surface area contributed by atoms with E-state index >= 15 is 0 Å².